The standard InChI is InChI=1S/C15H26N2O3/c1-14(2,3)12-9-16-13(20-12)10-17(4)11-15(18)5-7-19-8-6-15/h9,18H,5-8,10-11H2,1-4H3. The highest BCUT2D eigenvalue weighted by Gasteiger charge is 2.31. The van der Waals surface area contributed by atoms with Crippen LogP contribution in [0.1, 0.15) is 45.3 Å². The predicted molar refractivity (Wildman–Crippen MR) is 76.5 cm³/mol. The van der Waals surface area contributed by atoms with Crippen LogP contribution in [-0.2, 0) is 16.7 Å². The van der Waals surface area contributed by atoms with Crippen molar-refractivity contribution in [2.75, 3.05) is 26.8 Å². The number of ether oxygens (including phenoxy) is 1. The number of nitrogens with zero attached hydrogens (tertiary/aromatic N) is 2. The Morgan fingerprint density at radius 3 is 2.55 bits per heavy atom. The summed E-state index contributed by atoms with van der Waals surface area (Å²) in [5.41, 5.74) is -0.671. The van der Waals surface area contributed by atoms with Gasteiger partial charge in [0.1, 0.15) is 5.76 Å². The molecule has 1 aliphatic rings. The number of oxazole rings is 1. The Hall–Kier alpha value is -0.910. The first kappa shape index (κ1) is 15.5. The van der Waals surface area contributed by atoms with Crippen LogP contribution in [0, 0.1) is 0 Å². The summed E-state index contributed by atoms with van der Waals surface area (Å²) < 4.78 is 11.1. The molecule has 5 heteroatoms. The van der Waals surface area contributed by atoms with Crippen molar-refractivity contribution in [3.05, 3.63) is 17.8 Å². The second kappa shape index (κ2) is 5.84. The first-order valence-electron chi connectivity index (χ1n) is 7.22. The minimum absolute atomic E-state index is 0.0251. The summed E-state index contributed by atoms with van der Waals surface area (Å²) in [5, 5.41) is 10.5. The Kier molecular flexibility index (Phi) is 4.52. The lowest BCUT2D eigenvalue weighted by molar-refractivity contribution is -0.0783. The monoisotopic (exact) mass is 282 g/mol. The number of aromatic nitrogens is 1. The minimum Gasteiger partial charge on any atom is -0.444 e. The Bertz CT molecular complexity index is 431. The van der Waals surface area contributed by atoms with Crippen LogP contribution in [0.2, 0.25) is 0 Å². The van der Waals surface area contributed by atoms with Gasteiger partial charge < -0.3 is 14.3 Å². The molecule has 1 aliphatic heterocycles. The van der Waals surface area contributed by atoms with Gasteiger partial charge in [-0.25, -0.2) is 4.98 Å². The first-order chi connectivity index (χ1) is 9.28. The van der Waals surface area contributed by atoms with Gasteiger partial charge in [0.15, 0.2) is 0 Å². The fourth-order valence-electron chi connectivity index (χ4n) is 2.43. The van der Waals surface area contributed by atoms with E-state index in [1.165, 1.54) is 0 Å². The second-order valence-electron chi connectivity index (χ2n) is 6.88. The largest absolute Gasteiger partial charge is 0.444 e. The zero-order valence-electron chi connectivity index (χ0n) is 13.0. The van der Waals surface area contributed by atoms with Crippen molar-refractivity contribution in [1.82, 2.24) is 9.88 Å². The summed E-state index contributed by atoms with van der Waals surface area (Å²) in [6.07, 6.45) is 3.18. The highest BCUT2D eigenvalue weighted by atomic mass is 16.5. The van der Waals surface area contributed by atoms with E-state index in [4.69, 9.17) is 9.15 Å². The van der Waals surface area contributed by atoms with Gasteiger partial charge in [-0.1, -0.05) is 20.8 Å². The van der Waals surface area contributed by atoms with E-state index in [0.29, 0.717) is 45.0 Å². The fraction of sp³-hybridized carbons (Fsp3) is 0.800. The van der Waals surface area contributed by atoms with Crippen molar-refractivity contribution in [1.29, 1.82) is 0 Å². The number of rotatable bonds is 4. The molecule has 0 spiro atoms. The molecule has 0 saturated carbocycles. The summed E-state index contributed by atoms with van der Waals surface area (Å²) in [7, 11) is 1.98. The highest BCUT2D eigenvalue weighted by molar-refractivity contribution is 5.06. The number of hydrogen-bond donors (Lipinski definition) is 1. The van der Waals surface area contributed by atoms with E-state index >= 15 is 0 Å². The molecule has 2 heterocycles. The van der Waals surface area contributed by atoms with Crippen LogP contribution in [0.25, 0.3) is 0 Å². The topological polar surface area (TPSA) is 58.7 Å². The van der Waals surface area contributed by atoms with Crippen molar-refractivity contribution in [3.8, 4) is 0 Å². The summed E-state index contributed by atoms with van der Waals surface area (Å²) >= 11 is 0. The lowest BCUT2D eigenvalue weighted by atomic mass is 9.94. The first-order valence-corrected chi connectivity index (χ1v) is 7.22. The number of hydrogen-bond acceptors (Lipinski definition) is 5. The van der Waals surface area contributed by atoms with E-state index in [-0.39, 0.29) is 5.41 Å². The zero-order chi connectivity index (χ0) is 14.8. The molecular formula is C15H26N2O3. The summed E-state index contributed by atoms with van der Waals surface area (Å²) in [5.74, 6) is 1.60. The van der Waals surface area contributed by atoms with Gasteiger partial charge in [0.05, 0.1) is 18.3 Å². The van der Waals surface area contributed by atoms with Crippen LogP contribution in [0.3, 0.4) is 0 Å². The predicted octanol–water partition coefficient (Wildman–Crippen LogP) is 1.95. The van der Waals surface area contributed by atoms with Gasteiger partial charge >= 0.3 is 0 Å². The van der Waals surface area contributed by atoms with Crippen LogP contribution in [0.4, 0.5) is 0 Å². The minimum atomic E-state index is -0.646. The zero-order valence-corrected chi connectivity index (χ0v) is 13.0. The molecule has 5 nitrogen and oxygen atoms in total. The van der Waals surface area contributed by atoms with Crippen molar-refractivity contribution in [2.45, 2.75) is 51.2 Å². The third kappa shape index (κ3) is 4.04. The molecule has 0 radical (unpaired) electrons. The summed E-state index contributed by atoms with van der Waals surface area (Å²) in [6.45, 7) is 8.81. The average Bonchev–Trinajstić information content (AvgIpc) is 2.77. The molecule has 0 amide bonds. The molecule has 1 N–H and O–H groups in total. The molecule has 1 aromatic heterocycles. The Labute approximate surface area is 120 Å². The molecule has 0 bridgehead atoms. The van der Waals surface area contributed by atoms with Crippen LogP contribution in [0.15, 0.2) is 10.6 Å². The third-order valence-electron chi connectivity index (χ3n) is 3.69. The number of aliphatic hydroxyl groups is 1. The van der Waals surface area contributed by atoms with E-state index in [1.54, 1.807) is 6.20 Å². The Balaban J connectivity index is 1.91. The quantitative estimate of drug-likeness (QED) is 0.914. The smallest absolute Gasteiger partial charge is 0.208 e. The second-order valence-corrected chi connectivity index (χ2v) is 6.88. The average molecular weight is 282 g/mol. The maximum Gasteiger partial charge on any atom is 0.208 e. The molecule has 1 fully saturated rings. The molecule has 0 aromatic carbocycles. The van der Waals surface area contributed by atoms with Gasteiger partial charge in [0, 0.05) is 38.0 Å². The Morgan fingerprint density at radius 1 is 1.35 bits per heavy atom. The Morgan fingerprint density at radius 2 is 2.00 bits per heavy atom. The van der Waals surface area contributed by atoms with Crippen LogP contribution in [0.5, 0.6) is 0 Å². The fourth-order valence-corrected chi connectivity index (χ4v) is 2.43. The van der Waals surface area contributed by atoms with E-state index in [9.17, 15) is 5.11 Å². The van der Waals surface area contributed by atoms with E-state index < -0.39 is 5.60 Å². The van der Waals surface area contributed by atoms with E-state index in [2.05, 4.69) is 30.7 Å². The van der Waals surface area contributed by atoms with Gasteiger partial charge in [-0.15, -0.1) is 0 Å². The van der Waals surface area contributed by atoms with Gasteiger partial charge in [-0.3, -0.25) is 4.90 Å². The van der Waals surface area contributed by atoms with Crippen molar-refractivity contribution in [2.24, 2.45) is 0 Å². The summed E-state index contributed by atoms with van der Waals surface area (Å²) in [4.78, 5) is 6.38. The lowest BCUT2D eigenvalue weighted by Gasteiger charge is -2.35. The van der Waals surface area contributed by atoms with Crippen molar-refractivity contribution >= 4 is 0 Å². The molecule has 0 unspecified atom stereocenters. The van der Waals surface area contributed by atoms with Crippen LogP contribution >= 0.6 is 0 Å². The maximum absolute atomic E-state index is 10.5. The molecule has 114 valence electrons. The van der Waals surface area contributed by atoms with Crippen LogP contribution < -0.4 is 0 Å². The van der Waals surface area contributed by atoms with Gasteiger partial charge in [-0.2, -0.15) is 0 Å². The molecule has 20 heavy (non-hydrogen) atoms. The molecular weight excluding hydrogens is 256 g/mol. The van der Waals surface area contributed by atoms with E-state index in [1.807, 2.05) is 7.05 Å². The molecule has 1 saturated heterocycles. The molecule has 0 aliphatic carbocycles. The van der Waals surface area contributed by atoms with Crippen molar-refractivity contribution < 1.29 is 14.3 Å². The van der Waals surface area contributed by atoms with E-state index in [0.717, 1.165) is 5.76 Å². The maximum atomic E-state index is 10.5. The highest BCUT2D eigenvalue weighted by Crippen LogP contribution is 2.24. The van der Waals surface area contributed by atoms with Crippen LogP contribution in [-0.4, -0.2) is 47.4 Å². The summed E-state index contributed by atoms with van der Waals surface area (Å²) in [6, 6.07) is 0. The lowest BCUT2D eigenvalue weighted by Crippen LogP contribution is -2.45. The van der Waals surface area contributed by atoms with Crippen molar-refractivity contribution in [3.63, 3.8) is 0 Å². The molecule has 0 atom stereocenters. The normalized spacial score (nSPS) is 19.5. The SMILES string of the molecule is CN(Cc1ncc(C(C)(C)C)o1)CC1(O)CCOCC1. The van der Waals surface area contributed by atoms with Gasteiger partial charge in [-0.05, 0) is 7.05 Å². The van der Waals surface area contributed by atoms with Gasteiger partial charge in [0.25, 0.3) is 0 Å². The third-order valence-corrected chi connectivity index (χ3v) is 3.69. The van der Waals surface area contributed by atoms with Gasteiger partial charge in [0.2, 0.25) is 5.89 Å². The molecule has 1 aromatic rings. The number of likely N-dealkylation sites (N-methyl/N-ethyl adjacent to an activating group) is 1. The molecule has 2 rings (SSSR count).